The van der Waals surface area contributed by atoms with Crippen molar-refractivity contribution in [1.29, 1.82) is 4.78 Å². The van der Waals surface area contributed by atoms with Gasteiger partial charge in [-0.3, -0.25) is 4.72 Å². The molecule has 6 heteroatoms. The Morgan fingerprint density at radius 1 is 1.67 bits per heavy atom. The number of hydrogen-bond acceptors (Lipinski definition) is 3. The maximum atomic E-state index is 12.3. The SMILES string of the molecule is CS(=N)(=O)Nc1ccc(F)nc1. The van der Waals surface area contributed by atoms with Gasteiger partial charge in [0.1, 0.15) is 9.92 Å². The molecule has 0 bridgehead atoms. The minimum atomic E-state index is -2.80. The van der Waals surface area contributed by atoms with Crippen molar-refractivity contribution in [3.8, 4) is 0 Å². The fraction of sp³-hybridized carbons (Fsp3) is 0.167. The molecular formula is C6H8FN3OS. The summed E-state index contributed by atoms with van der Waals surface area (Å²) in [6, 6.07) is 2.51. The van der Waals surface area contributed by atoms with Gasteiger partial charge in [-0.05, 0) is 12.1 Å². The molecule has 1 rings (SSSR count). The van der Waals surface area contributed by atoms with Crippen LogP contribution in [0, 0.1) is 10.7 Å². The molecule has 1 aromatic rings. The number of halogens is 1. The van der Waals surface area contributed by atoms with E-state index in [1.54, 1.807) is 0 Å². The first kappa shape index (κ1) is 8.92. The average molecular weight is 189 g/mol. The summed E-state index contributed by atoms with van der Waals surface area (Å²) in [6.07, 6.45) is 2.42. The molecule has 1 aromatic heterocycles. The van der Waals surface area contributed by atoms with Gasteiger partial charge in [-0.2, -0.15) is 4.39 Å². The third-order valence-electron chi connectivity index (χ3n) is 1.04. The Kier molecular flexibility index (Phi) is 2.27. The first-order chi connectivity index (χ1) is 5.47. The predicted molar refractivity (Wildman–Crippen MR) is 44.6 cm³/mol. The minimum Gasteiger partial charge on any atom is -0.298 e. The average Bonchev–Trinajstić information content (AvgIpc) is 1.91. The Hall–Kier alpha value is -1.17. The number of nitrogens with zero attached hydrogens (tertiary/aromatic N) is 1. The van der Waals surface area contributed by atoms with E-state index in [4.69, 9.17) is 4.78 Å². The van der Waals surface area contributed by atoms with E-state index in [1.807, 2.05) is 0 Å². The van der Waals surface area contributed by atoms with Gasteiger partial charge in [0.25, 0.3) is 0 Å². The fourth-order valence-electron chi connectivity index (χ4n) is 0.661. The highest BCUT2D eigenvalue weighted by atomic mass is 32.2. The molecule has 1 atom stereocenters. The van der Waals surface area contributed by atoms with Gasteiger partial charge in [0.2, 0.25) is 5.95 Å². The van der Waals surface area contributed by atoms with Gasteiger partial charge in [-0.25, -0.2) is 14.0 Å². The number of pyridine rings is 1. The van der Waals surface area contributed by atoms with Crippen molar-refractivity contribution in [1.82, 2.24) is 4.98 Å². The van der Waals surface area contributed by atoms with E-state index in [1.165, 1.54) is 18.5 Å². The van der Waals surface area contributed by atoms with Gasteiger partial charge >= 0.3 is 0 Å². The Labute approximate surface area is 69.9 Å². The van der Waals surface area contributed by atoms with Gasteiger partial charge < -0.3 is 0 Å². The minimum absolute atomic E-state index is 0.374. The third-order valence-corrected chi connectivity index (χ3v) is 1.67. The Balaban J connectivity index is 2.85. The van der Waals surface area contributed by atoms with Crippen molar-refractivity contribution in [2.24, 2.45) is 0 Å². The summed E-state index contributed by atoms with van der Waals surface area (Å²) in [6.45, 7) is 0. The van der Waals surface area contributed by atoms with Gasteiger partial charge in [0, 0.05) is 6.26 Å². The Morgan fingerprint density at radius 2 is 2.33 bits per heavy atom. The smallest absolute Gasteiger partial charge is 0.212 e. The lowest BCUT2D eigenvalue weighted by atomic mass is 10.4. The van der Waals surface area contributed by atoms with E-state index in [-0.39, 0.29) is 0 Å². The van der Waals surface area contributed by atoms with Crippen LogP contribution in [0.3, 0.4) is 0 Å². The molecule has 0 radical (unpaired) electrons. The normalized spacial score (nSPS) is 15.2. The fourth-order valence-corrected chi connectivity index (χ4v) is 1.23. The molecule has 0 spiro atoms. The second-order valence-corrected chi connectivity index (χ2v) is 4.21. The highest BCUT2D eigenvalue weighted by Gasteiger charge is 1.98. The molecule has 1 unspecified atom stereocenters. The van der Waals surface area contributed by atoms with Crippen LogP contribution in [0.5, 0.6) is 0 Å². The van der Waals surface area contributed by atoms with Crippen molar-refractivity contribution in [3.63, 3.8) is 0 Å². The number of hydrogen-bond donors (Lipinski definition) is 2. The summed E-state index contributed by atoms with van der Waals surface area (Å²) in [5.74, 6) is -0.604. The number of anilines is 1. The van der Waals surface area contributed by atoms with Crippen LogP contribution in [0.15, 0.2) is 18.3 Å². The van der Waals surface area contributed by atoms with Crippen molar-refractivity contribution in [2.45, 2.75) is 0 Å². The summed E-state index contributed by atoms with van der Waals surface area (Å²) in [7, 11) is -2.80. The molecule has 0 aliphatic heterocycles. The number of nitrogens with one attached hydrogen (secondary N) is 2. The van der Waals surface area contributed by atoms with E-state index in [9.17, 15) is 8.60 Å². The molecular weight excluding hydrogens is 181 g/mol. The van der Waals surface area contributed by atoms with E-state index < -0.39 is 15.9 Å². The van der Waals surface area contributed by atoms with Crippen LogP contribution in [-0.2, 0) is 9.92 Å². The highest BCUT2D eigenvalue weighted by Crippen LogP contribution is 2.06. The highest BCUT2D eigenvalue weighted by molar-refractivity contribution is 7.93. The van der Waals surface area contributed by atoms with Gasteiger partial charge in [-0.15, -0.1) is 0 Å². The maximum Gasteiger partial charge on any atom is 0.212 e. The van der Waals surface area contributed by atoms with Crippen LogP contribution in [0.1, 0.15) is 0 Å². The van der Waals surface area contributed by atoms with E-state index in [0.717, 1.165) is 6.07 Å². The van der Waals surface area contributed by atoms with Crippen LogP contribution in [0.25, 0.3) is 0 Å². The van der Waals surface area contributed by atoms with Crippen LogP contribution in [0.4, 0.5) is 10.1 Å². The molecule has 0 saturated heterocycles. The van der Waals surface area contributed by atoms with Crippen LogP contribution in [-0.4, -0.2) is 15.4 Å². The third kappa shape index (κ3) is 2.83. The molecule has 66 valence electrons. The lowest BCUT2D eigenvalue weighted by Gasteiger charge is -2.03. The quantitative estimate of drug-likeness (QED) is 0.687. The van der Waals surface area contributed by atoms with Gasteiger partial charge in [-0.1, -0.05) is 0 Å². The first-order valence-corrected chi connectivity index (χ1v) is 5.07. The monoisotopic (exact) mass is 189 g/mol. The first-order valence-electron chi connectivity index (χ1n) is 3.10. The van der Waals surface area contributed by atoms with Crippen molar-refractivity contribution in [2.75, 3.05) is 11.0 Å². The molecule has 0 aliphatic carbocycles. The topological polar surface area (TPSA) is 65.8 Å². The maximum absolute atomic E-state index is 12.3. The molecule has 12 heavy (non-hydrogen) atoms. The van der Waals surface area contributed by atoms with Gasteiger partial charge in [0.05, 0.1) is 11.9 Å². The number of rotatable bonds is 2. The molecule has 4 nitrogen and oxygen atoms in total. The molecule has 0 aliphatic rings. The van der Waals surface area contributed by atoms with Crippen LogP contribution < -0.4 is 4.72 Å². The van der Waals surface area contributed by atoms with Crippen molar-refractivity contribution >= 4 is 15.6 Å². The lowest BCUT2D eigenvalue weighted by molar-refractivity contribution is 0.584. The largest absolute Gasteiger partial charge is 0.298 e. The zero-order valence-electron chi connectivity index (χ0n) is 6.37. The summed E-state index contributed by atoms with van der Waals surface area (Å²) < 4.78 is 32.5. The second kappa shape index (κ2) is 3.06. The summed E-state index contributed by atoms with van der Waals surface area (Å²) >= 11 is 0. The molecule has 0 amide bonds. The summed E-state index contributed by atoms with van der Waals surface area (Å²) in [5, 5.41) is 0. The van der Waals surface area contributed by atoms with E-state index in [2.05, 4.69) is 9.71 Å². The summed E-state index contributed by atoms with van der Waals surface area (Å²) in [5.41, 5.74) is 0.374. The molecule has 0 saturated carbocycles. The van der Waals surface area contributed by atoms with Crippen molar-refractivity contribution in [3.05, 3.63) is 24.3 Å². The molecule has 0 fully saturated rings. The molecule has 2 N–H and O–H groups in total. The zero-order valence-corrected chi connectivity index (χ0v) is 7.19. The predicted octanol–water partition coefficient (Wildman–Crippen LogP) is 1.22. The van der Waals surface area contributed by atoms with Crippen LogP contribution >= 0.6 is 0 Å². The second-order valence-electron chi connectivity index (χ2n) is 2.32. The van der Waals surface area contributed by atoms with Crippen molar-refractivity contribution < 1.29 is 8.60 Å². The summed E-state index contributed by atoms with van der Waals surface area (Å²) in [4.78, 5) is 3.33. The van der Waals surface area contributed by atoms with Gasteiger partial charge in [0.15, 0.2) is 0 Å². The van der Waals surface area contributed by atoms with E-state index in [0.29, 0.717) is 5.69 Å². The Bertz CT molecular complexity index is 359. The molecule has 1 heterocycles. The van der Waals surface area contributed by atoms with Crippen LogP contribution in [0.2, 0.25) is 0 Å². The van der Waals surface area contributed by atoms with E-state index >= 15 is 0 Å². The Morgan fingerprint density at radius 3 is 2.75 bits per heavy atom. The number of aromatic nitrogens is 1. The zero-order chi connectivity index (χ0) is 9.19. The lowest BCUT2D eigenvalue weighted by Crippen LogP contribution is -2.07. The standard InChI is InChI=1S/C6H8FN3OS/c1-12(8,11)10-5-2-3-6(7)9-4-5/h2-4H,1H3,(H2,8,10,11). The molecule has 0 aromatic carbocycles.